The van der Waals surface area contributed by atoms with Crippen molar-refractivity contribution in [2.75, 3.05) is 6.61 Å². The molecule has 2 fully saturated rings. The first kappa shape index (κ1) is 21.3. The van der Waals surface area contributed by atoms with Gasteiger partial charge in [-0.2, -0.15) is 5.26 Å². The fourth-order valence-electron chi connectivity index (χ4n) is 5.13. The second-order valence-corrected chi connectivity index (χ2v) is 9.15. The molecule has 3 aliphatic rings. The molecule has 1 aromatic carbocycles. The fourth-order valence-corrected chi connectivity index (χ4v) is 5.13. The summed E-state index contributed by atoms with van der Waals surface area (Å²) >= 11 is 0. The van der Waals surface area contributed by atoms with Crippen LogP contribution in [-0.2, 0) is 17.8 Å². The first-order valence-corrected chi connectivity index (χ1v) is 10.9. The van der Waals surface area contributed by atoms with Crippen LogP contribution in [0, 0.1) is 22.6 Å². The number of benzene rings is 1. The van der Waals surface area contributed by atoms with Crippen molar-refractivity contribution < 1.29 is 23.5 Å². The Morgan fingerprint density at radius 2 is 2.03 bits per heavy atom. The molecule has 1 aliphatic heterocycles. The molecule has 5 rings (SSSR count). The van der Waals surface area contributed by atoms with Crippen LogP contribution in [0.15, 0.2) is 24.3 Å². The lowest BCUT2D eigenvalue weighted by atomic mass is 9.53. The Bertz CT molecular complexity index is 1180. The predicted molar refractivity (Wildman–Crippen MR) is 114 cm³/mol. The molecule has 9 heteroatoms. The van der Waals surface area contributed by atoms with Gasteiger partial charge in [0.15, 0.2) is 0 Å². The van der Waals surface area contributed by atoms with Crippen molar-refractivity contribution in [1.82, 2.24) is 10.3 Å². The van der Waals surface area contributed by atoms with Crippen molar-refractivity contribution in [3.8, 4) is 11.9 Å². The molecule has 1 aromatic heterocycles. The van der Waals surface area contributed by atoms with Crippen molar-refractivity contribution in [1.29, 1.82) is 5.26 Å². The van der Waals surface area contributed by atoms with E-state index >= 15 is 0 Å². The molecule has 0 saturated heterocycles. The first-order valence-electron chi connectivity index (χ1n) is 10.9. The highest BCUT2D eigenvalue weighted by Crippen LogP contribution is 2.56. The maximum absolute atomic E-state index is 14.0. The van der Waals surface area contributed by atoms with Crippen LogP contribution in [0.25, 0.3) is 0 Å². The molecule has 1 spiro atoms. The molecule has 8 nitrogen and oxygen atoms in total. The Morgan fingerprint density at radius 1 is 1.24 bits per heavy atom. The van der Waals surface area contributed by atoms with Crippen molar-refractivity contribution in [2.45, 2.75) is 50.9 Å². The lowest BCUT2D eigenvalue weighted by Crippen LogP contribution is -2.58. The van der Waals surface area contributed by atoms with Crippen molar-refractivity contribution in [2.24, 2.45) is 11.1 Å². The monoisotopic (exact) mass is 450 g/mol. The number of primary amides is 1. The summed E-state index contributed by atoms with van der Waals surface area (Å²) in [6, 6.07) is 7.31. The Balaban J connectivity index is 1.17. The standard InChI is InChI=1S/C24H23FN4O4/c25-19-2-1-13(11-26)5-17(19)22(31)28-15-7-24(8-15)9-16(10-24)33-23-18(21(27)30)6-14-12-32-4-3-20(14)29-23/h1-2,5-6,15-16H,3-4,7-10,12H2,(H2,27,30)(H,28,31). The minimum atomic E-state index is -0.646. The third-order valence-corrected chi connectivity index (χ3v) is 6.80. The number of fused-ring (bicyclic) bond motifs is 1. The zero-order chi connectivity index (χ0) is 23.2. The van der Waals surface area contributed by atoms with Crippen LogP contribution in [0.1, 0.15) is 63.2 Å². The molecule has 33 heavy (non-hydrogen) atoms. The van der Waals surface area contributed by atoms with Gasteiger partial charge in [0, 0.05) is 18.0 Å². The SMILES string of the molecule is N#Cc1ccc(F)c(C(=O)NC2CC3(C2)CC(Oc2nc4c(cc2C(N)=O)COCC4)C3)c1. The summed E-state index contributed by atoms with van der Waals surface area (Å²) in [5, 5.41) is 11.8. The van der Waals surface area contributed by atoms with Gasteiger partial charge >= 0.3 is 0 Å². The minimum absolute atomic E-state index is 0.0494. The van der Waals surface area contributed by atoms with E-state index in [0.717, 1.165) is 43.0 Å². The number of pyridine rings is 1. The van der Waals surface area contributed by atoms with Crippen LogP contribution < -0.4 is 15.8 Å². The second-order valence-electron chi connectivity index (χ2n) is 9.15. The second kappa shape index (κ2) is 8.12. The van der Waals surface area contributed by atoms with Gasteiger partial charge in [0.1, 0.15) is 17.5 Å². The van der Waals surface area contributed by atoms with Gasteiger partial charge in [-0.05, 0) is 55.4 Å². The normalized spacial score (nSPS) is 25.2. The van der Waals surface area contributed by atoms with E-state index in [1.54, 1.807) is 6.07 Å². The average molecular weight is 450 g/mol. The number of rotatable bonds is 5. The van der Waals surface area contributed by atoms with E-state index in [0.29, 0.717) is 19.6 Å². The summed E-state index contributed by atoms with van der Waals surface area (Å²) in [7, 11) is 0. The number of halogens is 1. The number of carbonyl (C=O) groups is 2. The third kappa shape index (κ3) is 4.02. The number of carbonyl (C=O) groups excluding carboxylic acids is 2. The Kier molecular flexibility index (Phi) is 5.25. The minimum Gasteiger partial charge on any atom is -0.474 e. The van der Waals surface area contributed by atoms with E-state index in [4.69, 9.17) is 20.5 Å². The molecular formula is C24H23FN4O4. The zero-order valence-corrected chi connectivity index (χ0v) is 17.9. The number of amides is 2. The predicted octanol–water partition coefficient (Wildman–Crippen LogP) is 2.38. The topological polar surface area (TPSA) is 127 Å². The van der Waals surface area contributed by atoms with Crippen molar-refractivity contribution in [3.63, 3.8) is 0 Å². The van der Waals surface area contributed by atoms with Crippen LogP contribution >= 0.6 is 0 Å². The Hall–Kier alpha value is -3.51. The Morgan fingerprint density at radius 3 is 2.76 bits per heavy atom. The third-order valence-electron chi connectivity index (χ3n) is 6.80. The van der Waals surface area contributed by atoms with E-state index in [-0.39, 0.29) is 40.1 Å². The number of hydrogen-bond acceptors (Lipinski definition) is 6. The number of aromatic nitrogens is 1. The summed E-state index contributed by atoms with van der Waals surface area (Å²) in [5.41, 5.74) is 7.72. The summed E-state index contributed by atoms with van der Waals surface area (Å²) in [6.45, 7) is 0.993. The van der Waals surface area contributed by atoms with Crippen LogP contribution in [-0.4, -0.2) is 35.6 Å². The highest BCUT2D eigenvalue weighted by atomic mass is 19.1. The number of nitrogens with two attached hydrogens (primary N) is 1. The van der Waals surface area contributed by atoms with E-state index in [1.165, 1.54) is 12.1 Å². The van der Waals surface area contributed by atoms with Crippen LogP contribution in [0.4, 0.5) is 4.39 Å². The van der Waals surface area contributed by atoms with E-state index in [1.807, 2.05) is 6.07 Å². The average Bonchev–Trinajstić information content (AvgIpc) is 2.75. The highest BCUT2D eigenvalue weighted by molar-refractivity contribution is 5.95. The van der Waals surface area contributed by atoms with Crippen LogP contribution in [0.5, 0.6) is 5.88 Å². The van der Waals surface area contributed by atoms with Gasteiger partial charge < -0.3 is 20.5 Å². The van der Waals surface area contributed by atoms with Gasteiger partial charge in [-0.25, -0.2) is 9.37 Å². The summed E-state index contributed by atoms with van der Waals surface area (Å²) in [6.07, 6.45) is 3.72. The molecule has 2 saturated carbocycles. The largest absolute Gasteiger partial charge is 0.474 e. The molecule has 0 radical (unpaired) electrons. The van der Waals surface area contributed by atoms with Crippen molar-refractivity contribution >= 4 is 11.8 Å². The smallest absolute Gasteiger partial charge is 0.254 e. The highest BCUT2D eigenvalue weighted by Gasteiger charge is 2.54. The fraction of sp³-hybridized carbons (Fsp3) is 0.417. The van der Waals surface area contributed by atoms with Gasteiger partial charge in [-0.3, -0.25) is 9.59 Å². The molecule has 0 unspecified atom stereocenters. The molecule has 0 bridgehead atoms. The molecule has 0 atom stereocenters. The lowest BCUT2D eigenvalue weighted by Gasteiger charge is -2.57. The summed E-state index contributed by atoms with van der Waals surface area (Å²) in [5.74, 6) is -1.46. The van der Waals surface area contributed by atoms with Gasteiger partial charge in [-0.1, -0.05) is 0 Å². The number of hydrogen-bond donors (Lipinski definition) is 2. The van der Waals surface area contributed by atoms with E-state index < -0.39 is 17.6 Å². The van der Waals surface area contributed by atoms with Gasteiger partial charge in [0.25, 0.3) is 11.8 Å². The number of nitriles is 1. The molecule has 2 heterocycles. The molecule has 3 N–H and O–H groups in total. The zero-order valence-electron chi connectivity index (χ0n) is 17.9. The van der Waals surface area contributed by atoms with E-state index in [9.17, 15) is 14.0 Å². The molecule has 2 aromatic rings. The molecule has 2 aliphatic carbocycles. The van der Waals surface area contributed by atoms with Gasteiger partial charge in [0.2, 0.25) is 5.88 Å². The maximum Gasteiger partial charge on any atom is 0.254 e. The summed E-state index contributed by atoms with van der Waals surface area (Å²) in [4.78, 5) is 28.9. The lowest BCUT2D eigenvalue weighted by molar-refractivity contribution is -0.0849. The van der Waals surface area contributed by atoms with Crippen LogP contribution in [0.3, 0.4) is 0 Å². The first-order chi connectivity index (χ1) is 15.9. The quantitative estimate of drug-likeness (QED) is 0.720. The van der Waals surface area contributed by atoms with E-state index in [2.05, 4.69) is 10.3 Å². The molecule has 2 amide bonds. The van der Waals surface area contributed by atoms with Gasteiger partial charge in [0.05, 0.1) is 36.1 Å². The van der Waals surface area contributed by atoms with Gasteiger partial charge in [-0.15, -0.1) is 0 Å². The Labute approximate surface area is 189 Å². The van der Waals surface area contributed by atoms with Crippen molar-refractivity contribution in [3.05, 3.63) is 58.0 Å². The number of nitrogens with one attached hydrogen (secondary N) is 1. The number of nitrogens with zero attached hydrogens (tertiary/aromatic N) is 2. The van der Waals surface area contributed by atoms with Crippen LogP contribution in [0.2, 0.25) is 0 Å². The maximum atomic E-state index is 14.0. The number of ether oxygens (including phenoxy) is 2. The molecular weight excluding hydrogens is 427 g/mol. The summed E-state index contributed by atoms with van der Waals surface area (Å²) < 4.78 is 25.4. The molecule has 170 valence electrons.